The molecule has 0 aliphatic carbocycles. The van der Waals surface area contributed by atoms with Crippen molar-refractivity contribution < 1.29 is 28.0 Å². The van der Waals surface area contributed by atoms with E-state index in [0.717, 1.165) is 18.2 Å². The number of nitro benzene ring substituents is 1. The molecule has 2 fully saturated rings. The fourth-order valence-corrected chi connectivity index (χ4v) is 5.24. The van der Waals surface area contributed by atoms with Crippen molar-refractivity contribution in [2.24, 2.45) is 5.92 Å². The number of rotatable bonds is 11. The van der Waals surface area contributed by atoms with Gasteiger partial charge in [-0.1, -0.05) is 24.3 Å². The van der Waals surface area contributed by atoms with Crippen LogP contribution in [0.2, 0.25) is 0 Å². The van der Waals surface area contributed by atoms with Gasteiger partial charge in [0.1, 0.15) is 0 Å². The summed E-state index contributed by atoms with van der Waals surface area (Å²) in [5.74, 6) is -0.807. The largest absolute Gasteiger partial charge is 0.481 e. The first-order chi connectivity index (χ1) is 14.7. The van der Waals surface area contributed by atoms with Crippen LogP contribution in [0.1, 0.15) is 44.1 Å². The molecule has 31 heavy (non-hydrogen) atoms. The highest BCUT2D eigenvalue weighted by Crippen LogP contribution is 2.41. The molecule has 0 radical (unpaired) electrons. The Balaban J connectivity index is 1.61. The molecule has 0 spiro atoms. The van der Waals surface area contributed by atoms with E-state index in [1.54, 1.807) is 6.07 Å². The summed E-state index contributed by atoms with van der Waals surface area (Å²) in [7, 11) is -3.77. The van der Waals surface area contributed by atoms with E-state index in [4.69, 9.17) is 9.84 Å². The van der Waals surface area contributed by atoms with E-state index >= 15 is 0 Å². The number of nitrogens with zero attached hydrogens (tertiary/aromatic N) is 1. The van der Waals surface area contributed by atoms with Crippen LogP contribution in [0, 0.1) is 16.0 Å². The van der Waals surface area contributed by atoms with Crippen molar-refractivity contribution in [2.45, 2.75) is 56.8 Å². The second-order valence-electron chi connectivity index (χ2n) is 7.79. The van der Waals surface area contributed by atoms with Crippen molar-refractivity contribution >= 4 is 27.8 Å². The van der Waals surface area contributed by atoms with Crippen LogP contribution in [-0.2, 0) is 19.6 Å². The third-order valence-electron chi connectivity index (χ3n) is 5.58. The first-order valence-electron chi connectivity index (χ1n) is 10.2. The molecule has 2 N–H and O–H groups in total. The van der Waals surface area contributed by atoms with Crippen molar-refractivity contribution in [1.29, 1.82) is 0 Å². The molecule has 2 aliphatic rings. The molecule has 2 heterocycles. The minimum atomic E-state index is -3.77. The number of carboxylic acids is 1. The van der Waals surface area contributed by atoms with Crippen LogP contribution >= 0.6 is 0 Å². The molecular weight excluding hydrogens is 424 g/mol. The van der Waals surface area contributed by atoms with E-state index < -0.39 is 20.9 Å². The summed E-state index contributed by atoms with van der Waals surface area (Å²) in [6.07, 6.45) is 8.76. The van der Waals surface area contributed by atoms with E-state index in [-0.39, 0.29) is 36.3 Å². The third-order valence-corrected chi connectivity index (χ3v) is 6.68. The SMILES string of the molecule is O=C(O)CCCC=CCC1C2CCC(O2)C1NS(=O)(=O)C=Cc1cccc([N+](=O)[O-])c1. The lowest BCUT2D eigenvalue weighted by Crippen LogP contribution is -2.46. The Morgan fingerprint density at radius 2 is 2.06 bits per heavy atom. The van der Waals surface area contributed by atoms with Gasteiger partial charge in [0.2, 0.25) is 10.0 Å². The van der Waals surface area contributed by atoms with Gasteiger partial charge in [0, 0.05) is 29.9 Å². The third kappa shape index (κ3) is 6.46. The number of ether oxygens (including phenoxy) is 1. The number of nitro groups is 1. The number of hydrogen-bond donors (Lipinski definition) is 2. The molecule has 10 heteroatoms. The van der Waals surface area contributed by atoms with Crippen molar-refractivity contribution in [3.05, 3.63) is 57.5 Å². The lowest BCUT2D eigenvalue weighted by molar-refractivity contribution is -0.384. The Morgan fingerprint density at radius 1 is 1.29 bits per heavy atom. The zero-order valence-corrected chi connectivity index (χ0v) is 17.7. The predicted molar refractivity (Wildman–Crippen MR) is 115 cm³/mol. The zero-order chi connectivity index (χ0) is 22.4. The number of sulfonamides is 1. The Hall–Kier alpha value is -2.56. The molecule has 4 unspecified atom stereocenters. The van der Waals surface area contributed by atoms with Gasteiger partial charge in [-0.2, -0.15) is 0 Å². The number of fused-ring (bicyclic) bond motifs is 2. The maximum absolute atomic E-state index is 12.6. The van der Waals surface area contributed by atoms with Gasteiger partial charge in [0.25, 0.3) is 5.69 Å². The van der Waals surface area contributed by atoms with Gasteiger partial charge < -0.3 is 9.84 Å². The summed E-state index contributed by atoms with van der Waals surface area (Å²) in [6.45, 7) is 0. The lowest BCUT2D eigenvalue weighted by atomic mass is 9.83. The number of aliphatic carboxylic acids is 1. The van der Waals surface area contributed by atoms with Crippen LogP contribution in [0.4, 0.5) is 5.69 Å². The average molecular weight is 451 g/mol. The normalized spacial score (nSPS) is 25.5. The van der Waals surface area contributed by atoms with Crippen molar-refractivity contribution in [3.63, 3.8) is 0 Å². The Morgan fingerprint density at radius 3 is 2.81 bits per heavy atom. The molecule has 0 saturated carbocycles. The topological polar surface area (TPSA) is 136 Å². The van der Waals surface area contributed by atoms with E-state index in [0.29, 0.717) is 24.8 Å². The number of hydrogen-bond acceptors (Lipinski definition) is 6. The molecule has 4 atom stereocenters. The number of allylic oxidation sites excluding steroid dienone is 2. The number of non-ortho nitro benzene ring substituents is 1. The maximum atomic E-state index is 12.6. The summed E-state index contributed by atoms with van der Waals surface area (Å²) in [5, 5.41) is 20.6. The first kappa shape index (κ1) is 23.1. The van der Waals surface area contributed by atoms with Gasteiger partial charge in [-0.05, 0) is 43.7 Å². The summed E-state index contributed by atoms with van der Waals surface area (Å²) < 4.78 is 33.9. The fraction of sp³-hybridized carbons (Fsp3) is 0.476. The van der Waals surface area contributed by atoms with E-state index in [1.807, 2.05) is 12.2 Å². The van der Waals surface area contributed by atoms with Crippen molar-refractivity contribution in [3.8, 4) is 0 Å². The maximum Gasteiger partial charge on any atom is 0.303 e. The van der Waals surface area contributed by atoms with E-state index in [1.165, 1.54) is 24.3 Å². The average Bonchev–Trinajstić information content (AvgIpc) is 3.31. The molecule has 3 rings (SSSR count). The van der Waals surface area contributed by atoms with Gasteiger partial charge in [0.15, 0.2) is 0 Å². The molecule has 2 aliphatic heterocycles. The van der Waals surface area contributed by atoms with Crippen LogP contribution in [0.25, 0.3) is 6.08 Å². The Bertz CT molecular complexity index is 974. The lowest BCUT2D eigenvalue weighted by Gasteiger charge is -2.27. The Kier molecular flexibility index (Phi) is 7.58. The van der Waals surface area contributed by atoms with Crippen LogP contribution < -0.4 is 4.72 Å². The second kappa shape index (κ2) is 10.2. The number of unbranched alkanes of at least 4 members (excludes halogenated alkanes) is 1. The minimum Gasteiger partial charge on any atom is -0.481 e. The Labute approximate surface area is 181 Å². The summed E-state index contributed by atoms with van der Waals surface area (Å²) in [4.78, 5) is 20.9. The molecule has 1 aromatic rings. The zero-order valence-electron chi connectivity index (χ0n) is 16.9. The monoisotopic (exact) mass is 450 g/mol. The van der Waals surface area contributed by atoms with Crippen molar-refractivity contribution in [1.82, 2.24) is 4.72 Å². The van der Waals surface area contributed by atoms with Crippen LogP contribution in [0.15, 0.2) is 41.8 Å². The molecular formula is C21H26N2O7S. The molecule has 1 aromatic carbocycles. The molecule has 0 amide bonds. The first-order valence-corrected chi connectivity index (χ1v) is 11.8. The summed E-state index contributed by atoms with van der Waals surface area (Å²) in [6, 6.07) is 5.40. The highest BCUT2D eigenvalue weighted by Gasteiger charge is 2.49. The van der Waals surface area contributed by atoms with Crippen LogP contribution in [0.3, 0.4) is 0 Å². The van der Waals surface area contributed by atoms with Gasteiger partial charge in [-0.15, -0.1) is 0 Å². The molecule has 2 saturated heterocycles. The quantitative estimate of drug-likeness (QED) is 0.229. The number of carbonyl (C=O) groups is 1. The van der Waals surface area contributed by atoms with Crippen LogP contribution in [0.5, 0.6) is 0 Å². The van der Waals surface area contributed by atoms with Crippen molar-refractivity contribution in [2.75, 3.05) is 0 Å². The highest BCUT2D eigenvalue weighted by atomic mass is 32.2. The smallest absolute Gasteiger partial charge is 0.303 e. The minimum absolute atomic E-state index is 0.00196. The number of nitrogens with one attached hydrogen (secondary N) is 1. The van der Waals surface area contributed by atoms with E-state index in [9.17, 15) is 23.3 Å². The molecule has 2 bridgehead atoms. The van der Waals surface area contributed by atoms with Crippen LogP contribution in [-0.4, -0.2) is 42.7 Å². The van der Waals surface area contributed by atoms with Gasteiger partial charge in [-0.3, -0.25) is 14.9 Å². The summed E-state index contributed by atoms with van der Waals surface area (Å²) in [5.41, 5.74) is 0.314. The highest BCUT2D eigenvalue weighted by molar-refractivity contribution is 7.92. The fourth-order valence-electron chi connectivity index (χ4n) is 4.12. The van der Waals surface area contributed by atoms with Gasteiger partial charge >= 0.3 is 5.97 Å². The number of benzene rings is 1. The predicted octanol–water partition coefficient (Wildman–Crippen LogP) is 3.23. The second-order valence-corrected chi connectivity index (χ2v) is 9.39. The van der Waals surface area contributed by atoms with Gasteiger partial charge in [0.05, 0.1) is 23.2 Å². The molecule has 168 valence electrons. The van der Waals surface area contributed by atoms with Gasteiger partial charge in [-0.25, -0.2) is 13.1 Å². The summed E-state index contributed by atoms with van der Waals surface area (Å²) >= 11 is 0. The standard InChI is InChI=1S/C21H26N2O7S/c24-20(25)9-4-2-1-3-8-17-18-10-11-19(30-18)21(17)22-31(28,29)13-12-15-6-5-7-16(14-15)23(26)27/h1,3,5-7,12-14,17-19,21-22H,2,4,8-11H2,(H,24,25). The number of carboxylic acid groups (broad SMARTS) is 1. The van der Waals surface area contributed by atoms with E-state index in [2.05, 4.69) is 4.72 Å². The molecule has 9 nitrogen and oxygen atoms in total. The molecule has 0 aromatic heterocycles.